The second-order valence-electron chi connectivity index (χ2n) is 7.09. The lowest BCUT2D eigenvalue weighted by atomic mass is 9.95. The Labute approximate surface area is 194 Å². The summed E-state index contributed by atoms with van der Waals surface area (Å²) in [7, 11) is 1.20. The van der Waals surface area contributed by atoms with E-state index in [2.05, 4.69) is 4.99 Å². The van der Waals surface area contributed by atoms with Gasteiger partial charge < -0.3 is 4.74 Å². The molecule has 0 saturated heterocycles. The molecule has 168 valence electrons. The van der Waals surface area contributed by atoms with Gasteiger partial charge in [-0.05, 0) is 42.3 Å². The lowest BCUT2D eigenvalue weighted by Crippen LogP contribution is -2.39. The number of hydrogen-bond donors (Lipinski definition) is 0. The number of nitro groups is 1. The summed E-state index contributed by atoms with van der Waals surface area (Å²) in [4.78, 5) is 41.5. The van der Waals surface area contributed by atoms with Gasteiger partial charge in [0.2, 0.25) is 0 Å². The maximum atomic E-state index is 13.4. The topological polar surface area (TPSA) is 104 Å². The summed E-state index contributed by atoms with van der Waals surface area (Å²) >= 11 is 7.05. The van der Waals surface area contributed by atoms with E-state index < -0.39 is 28.3 Å². The number of allylic oxidation sites excluding steroid dienone is 1. The number of methoxy groups -OCH3 is 1. The predicted molar refractivity (Wildman–Crippen MR) is 120 cm³/mol. The van der Waals surface area contributed by atoms with Gasteiger partial charge in [0.05, 0.1) is 33.9 Å². The summed E-state index contributed by atoms with van der Waals surface area (Å²) in [5, 5.41) is 11.4. The van der Waals surface area contributed by atoms with E-state index in [1.807, 2.05) is 0 Å². The highest BCUT2D eigenvalue weighted by Gasteiger charge is 2.34. The monoisotopic (exact) mass is 487 g/mol. The number of carbonyl (C=O) groups excluding carboxylic acids is 1. The van der Waals surface area contributed by atoms with Gasteiger partial charge in [-0.3, -0.25) is 19.5 Å². The van der Waals surface area contributed by atoms with Gasteiger partial charge in [0.1, 0.15) is 10.8 Å². The third-order valence-electron chi connectivity index (χ3n) is 5.08. The first-order chi connectivity index (χ1) is 15.7. The molecule has 1 aliphatic heterocycles. The number of ether oxygens (including phenoxy) is 1. The highest BCUT2D eigenvalue weighted by Crippen LogP contribution is 2.34. The van der Waals surface area contributed by atoms with Crippen molar-refractivity contribution in [2.45, 2.75) is 13.0 Å². The number of esters is 1. The van der Waals surface area contributed by atoms with Gasteiger partial charge in [0.25, 0.3) is 11.2 Å². The second kappa shape index (κ2) is 8.72. The molecule has 0 aliphatic carbocycles. The molecule has 3 aromatic rings. The Morgan fingerprint density at radius 2 is 2.00 bits per heavy atom. The average molecular weight is 488 g/mol. The Balaban J connectivity index is 1.99. The molecule has 0 radical (unpaired) electrons. The van der Waals surface area contributed by atoms with Gasteiger partial charge in [0, 0.05) is 6.07 Å². The van der Waals surface area contributed by atoms with Crippen LogP contribution in [-0.2, 0) is 9.53 Å². The van der Waals surface area contributed by atoms with E-state index in [0.29, 0.717) is 26.2 Å². The fourth-order valence-corrected chi connectivity index (χ4v) is 4.79. The second-order valence-corrected chi connectivity index (χ2v) is 8.51. The van der Waals surface area contributed by atoms with E-state index in [4.69, 9.17) is 16.3 Å². The summed E-state index contributed by atoms with van der Waals surface area (Å²) in [6.45, 7) is 1.60. The molecule has 1 aliphatic rings. The highest BCUT2D eigenvalue weighted by molar-refractivity contribution is 7.07. The Kier molecular flexibility index (Phi) is 5.96. The largest absolute Gasteiger partial charge is 0.466 e. The molecule has 1 aromatic heterocycles. The molecule has 2 aromatic carbocycles. The van der Waals surface area contributed by atoms with Gasteiger partial charge >= 0.3 is 5.97 Å². The third kappa shape index (κ3) is 4.10. The summed E-state index contributed by atoms with van der Waals surface area (Å²) in [5.41, 5.74) is 0.481. The molecule has 0 fully saturated rings. The maximum Gasteiger partial charge on any atom is 0.338 e. The Bertz CT molecular complexity index is 1510. The van der Waals surface area contributed by atoms with Crippen molar-refractivity contribution in [3.63, 3.8) is 0 Å². The first kappa shape index (κ1) is 22.6. The number of fused-ring (bicyclic) bond motifs is 1. The van der Waals surface area contributed by atoms with E-state index in [-0.39, 0.29) is 16.3 Å². The molecule has 8 nitrogen and oxygen atoms in total. The summed E-state index contributed by atoms with van der Waals surface area (Å²) in [6, 6.07) is 8.67. The van der Waals surface area contributed by atoms with Crippen molar-refractivity contribution in [3.05, 3.63) is 106 Å². The summed E-state index contributed by atoms with van der Waals surface area (Å²) in [5.74, 6) is -1.12. The summed E-state index contributed by atoms with van der Waals surface area (Å²) < 4.78 is 19.8. The lowest BCUT2D eigenvalue weighted by molar-refractivity contribution is -0.384. The minimum Gasteiger partial charge on any atom is -0.466 e. The molecular weight excluding hydrogens is 473 g/mol. The average Bonchev–Trinajstić information content (AvgIpc) is 3.08. The zero-order valence-electron chi connectivity index (χ0n) is 17.2. The number of nitro benzene ring substituents is 1. The van der Waals surface area contributed by atoms with Crippen LogP contribution in [0, 0.1) is 15.9 Å². The molecule has 33 heavy (non-hydrogen) atoms. The van der Waals surface area contributed by atoms with Crippen molar-refractivity contribution >= 4 is 40.7 Å². The van der Waals surface area contributed by atoms with E-state index in [1.165, 1.54) is 54.1 Å². The smallest absolute Gasteiger partial charge is 0.338 e. The van der Waals surface area contributed by atoms with Crippen molar-refractivity contribution in [2.24, 2.45) is 4.99 Å². The Morgan fingerprint density at radius 3 is 2.64 bits per heavy atom. The number of halogens is 2. The quantitative estimate of drug-likeness (QED) is 0.319. The maximum absolute atomic E-state index is 13.4. The van der Waals surface area contributed by atoms with Crippen molar-refractivity contribution in [1.82, 2.24) is 4.57 Å². The molecular formula is C22H15ClFN3O5S. The molecule has 1 atom stereocenters. The number of benzene rings is 2. The van der Waals surface area contributed by atoms with Gasteiger partial charge in [-0.1, -0.05) is 41.1 Å². The third-order valence-corrected chi connectivity index (χ3v) is 6.38. The number of hydrogen-bond acceptors (Lipinski definition) is 7. The van der Waals surface area contributed by atoms with Crippen molar-refractivity contribution in [3.8, 4) is 0 Å². The molecule has 0 spiro atoms. The van der Waals surface area contributed by atoms with Crippen LogP contribution >= 0.6 is 22.9 Å². The molecule has 1 unspecified atom stereocenters. The number of carbonyl (C=O) groups is 1. The van der Waals surface area contributed by atoms with Gasteiger partial charge in [-0.15, -0.1) is 0 Å². The predicted octanol–water partition coefficient (Wildman–Crippen LogP) is 3.11. The minimum atomic E-state index is -1.01. The van der Waals surface area contributed by atoms with Crippen LogP contribution in [0.2, 0.25) is 5.02 Å². The van der Waals surface area contributed by atoms with Gasteiger partial charge in [-0.2, -0.15) is 0 Å². The van der Waals surface area contributed by atoms with Crippen LogP contribution in [0.15, 0.2) is 63.5 Å². The zero-order valence-corrected chi connectivity index (χ0v) is 18.8. The fraction of sp³-hybridized carbons (Fsp3) is 0.136. The molecule has 0 bridgehead atoms. The van der Waals surface area contributed by atoms with E-state index >= 15 is 0 Å². The van der Waals surface area contributed by atoms with Crippen LogP contribution in [0.5, 0.6) is 0 Å². The van der Waals surface area contributed by atoms with Crippen LogP contribution < -0.4 is 14.9 Å². The molecule has 0 amide bonds. The molecule has 2 heterocycles. The molecule has 0 saturated carbocycles. The van der Waals surface area contributed by atoms with Crippen molar-refractivity contribution < 1.29 is 18.8 Å². The standard InChI is InChI=1S/C22H15ClFN3O5S/c1-11-18(21(29)32-2)19(13-5-8-15(23)16(10-13)27(30)31)26-20(28)17(33-22(26)25-11)9-12-3-6-14(24)7-4-12/h3-10,19H,1-2H3. The SMILES string of the molecule is COC(=O)C1=C(C)N=c2sc(=Cc3ccc(F)cc3)c(=O)n2C1c1ccc(Cl)c([N+](=O)[O-])c1. The van der Waals surface area contributed by atoms with Crippen LogP contribution in [0.3, 0.4) is 0 Å². The number of thiazole rings is 1. The molecule has 0 N–H and O–H groups in total. The number of rotatable bonds is 4. The Hall–Kier alpha value is -3.63. The number of nitrogens with zero attached hydrogens (tertiary/aromatic N) is 3. The van der Waals surface area contributed by atoms with Gasteiger partial charge in [0.15, 0.2) is 4.80 Å². The van der Waals surface area contributed by atoms with E-state index in [9.17, 15) is 24.1 Å². The summed E-state index contributed by atoms with van der Waals surface area (Å²) in [6.07, 6.45) is 1.59. The normalized spacial score (nSPS) is 15.8. The van der Waals surface area contributed by atoms with Crippen LogP contribution in [0.4, 0.5) is 10.1 Å². The molecule has 11 heteroatoms. The van der Waals surface area contributed by atoms with E-state index in [1.54, 1.807) is 13.0 Å². The minimum absolute atomic E-state index is 0.0761. The van der Waals surface area contributed by atoms with E-state index in [0.717, 1.165) is 11.3 Å². The lowest BCUT2D eigenvalue weighted by Gasteiger charge is -2.24. The van der Waals surface area contributed by atoms with Crippen LogP contribution in [0.1, 0.15) is 24.1 Å². The fourth-order valence-electron chi connectivity index (χ4n) is 3.56. The number of aromatic nitrogens is 1. The first-order valence-electron chi connectivity index (χ1n) is 9.51. The van der Waals surface area contributed by atoms with Crippen LogP contribution in [0.25, 0.3) is 6.08 Å². The highest BCUT2D eigenvalue weighted by atomic mass is 35.5. The molecule has 4 rings (SSSR count). The van der Waals surface area contributed by atoms with Crippen LogP contribution in [-0.4, -0.2) is 22.6 Å². The first-order valence-corrected chi connectivity index (χ1v) is 10.7. The zero-order chi connectivity index (χ0) is 23.9. The van der Waals surface area contributed by atoms with Crippen molar-refractivity contribution in [1.29, 1.82) is 0 Å². The van der Waals surface area contributed by atoms with Gasteiger partial charge in [-0.25, -0.2) is 14.2 Å². The Morgan fingerprint density at radius 1 is 1.30 bits per heavy atom. The van der Waals surface area contributed by atoms with Crippen molar-refractivity contribution in [2.75, 3.05) is 7.11 Å².